The maximum absolute atomic E-state index is 13.0. The van der Waals surface area contributed by atoms with Crippen molar-refractivity contribution in [3.8, 4) is 11.4 Å². The molecule has 0 atom stereocenters. The fourth-order valence-electron chi connectivity index (χ4n) is 2.16. The van der Waals surface area contributed by atoms with Gasteiger partial charge in [0.15, 0.2) is 0 Å². The van der Waals surface area contributed by atoms with Crippen LogP contribution in [0.1, 0.15) is 17.1 Å². The monoisotopic (exact) mass is 352 g/mol. The van der Waals surface area contributed by atoms with Crippen molar-refractivity contribution in [2.45, 2.75) is 19.3 Å². The number of halogens is 3. The minimum Gasteiger partial charge on any atom is -0.446 e. The van der Waals surface area contributed by atoms with Crippen LogP contribution in [0, 0.1) is 0 Å². The third kappa shape index (κ3) is 3.58. The van der Waals surface area contributed by atoms with Crippen molar-refractivity contribution in [3.63, 3.8) is 0 Å². The fraction of sp³-hybridized carbons (Fsp3) is 0.200. The maximum atomic E-state index is 13.0. The number of nitrogens with zero attached hydrogens (tertiary/aromatic N) is 4. The van der Waals surface area contributed by atoms with E-state index in [-0.39, 0.29) is 23.0 Å². The zero-order valence-corrected chi connectivity index (χ0v) is 12.6. The smallest absolute Gasteiger partial charge is 0.418 e. The van der Waals surface area contributed by atoms with Gasteiger partial charge in [0.1, 0.15) is 24.3 Å². The van der Waals surface area contributed by atoms with Crippen molar-refractivity contribution in [2.24, 2.45) is 0 Å². The molecule has 0 unspecified atom stereocenters. The molecule has 25 heavy (non-hydrogen) atoms. The van der Waals surface area contributed by atoms with Crippen LogP contribution >= 0.6 is 0 Å². The molecular formula is C15H11F3N4O3. The molecule has 7 nitrogen and oxygen atoms in total. The molecule has 0 radical (unpaired) electrons. The van der Waals surface area contributed by atoms with E-state index in [4.69, 9.17) is 9.52 Å². The largest absolute Gasteiger partial charge is 0.446 e. The van der Waals surface area contributed by atoms with Gasteiger partial charge in [-0.3, -0.25) is 9.78 Å². The van der Waals surface area contributed by atoms with Crippen molar-refractivity contribution in [1.29, 1.82) is 0 Å². The van der Waals surface area contributed by atoms with Crippen molar-refractivity contribution in [1.82, 2.24) is 19.7 Å². The first-order valence-electron chi connectivity index (χ1n) is 7.03. The highest BCUT2D eigenvalue weighted by Crippen LogP contribution is 2.31. The summed E-state index contributed by atoms with van der Waals surface area (Å²) in [7, 11) is 0. The topological polar surface area (TPSA) is 94.0 Å². The first-order chi connectivity index (χ1) is 11.9. The molecule has 0 bridgehead atoms. The van der Waals surface area contributed by atoms with E-state index in [2.05, 4.69) is 15.1 Å². The number of hydrogen-bond donors (Lipinski definition) is 1. The second-order valence-corrected chi connectivity index (χ2v) is 4.99. The standard InChI is InChI=1S/C15H11F3N4O3/c16-15(17,18)9-2-1-5-19-11(9)6-22-14(24)4-3-10(21-22)12-8-25-13(7-23)20-12/h1-5,8,23H,6-7H2. The molecule has 0 aliphatic rings. The van der Waals surface area contributed by atoms with Crippen LogP contribution in [0.3, 0.4) is 0 Å². The van der Waals surface area contributed by atoms with Gasteiger partial charge in [-0.05, 0) is 18.2 Å². The Labute approximate surface area is 138 Å². The Balaban J connectivity index is 1.99. The van der Waals surface area contributed by atoms with Crippen molar-refractivity contribution < 1.29 is 22.7 Å². The van der Waals surface area contributed by atoms with Crippen LogP contribution in [0.15, 0.2) is 45.9 Å². The SMILES string of the molecule is O=c1ccc(-c2coc(CO)n2)nn1Cc1ncccc1C(F)(F)F. The summed E-state index contributed by atoms with van der Waals surface area (Å²) in [5, 5.41) is 13.0. The summed E-state index contributed by atoms with van der Waals surface area (Å²) in [6.45, 7) is -0.865. The summed E-state index contributed by atoms with van der Waals surface area (Å²) in [5.41, 5.74) is -1.38. The second-order valence-electron chi connectivity index (χ2n) is 4.99. The molecule has 10 heteroatoms. The molecule has 130 valence electrons. The van der Waals surface area contributed by atoms with E-state index in [1.165, 1.54) is 24.6 Å². The van der Waals surface area contributed by atoms with Gasteiger partial charge in [0.2, 0.25) is 5.89 Å². The van der Waals surface area contributed by atoms with E-state index in [1.807, 2.05) is 0 Å². The maximum Gasteiger partial charge on any atom is 0.418 e. The van der Waals surface area contributed by atoms with Gasteiger partial charge in [-0.15, -0.1) is 0 Å². The number of rotatable bonds is 4. The van der Waals surface area contributed by atoms with Gasteiger partial charge < -0.3 is 9.52 Å². The summed E-state index contributed by atoms with van der Waals surface area (Å²) in [4.78, 5) is 19.6. The average Bonchev–Trinajstić information content (AvgIpc) is 3.05. The molecule has 0 spiro atoms. The Bertz CT molecular complexity index is 949. The minimum absolute atomic E-state index is 0.0543. The average molecular weight is 352 g/mol. The molecule has 3 heterocycles. The minimum atomic E-state index is -4.59. The lowest BCUT2D eigenvalue weighted by Gasteiger charge is -2.12. The molecule has 1 N–H and O–H groups in total. The van der Waals surface area contributed by atoms with E-state index < -0.39 is 30.5 Å². The van der Waals surface area contributed by atoms with E-state index in [1.54, 1.807) is 0 Å². The number of pyridine rings is 1. The van der Waals surface area contributed by atoms with Crippen LogP contribution in [0.4, 0.5) is 13.2 Å². The first kappa shape index (κ1) is 16.8. The van der Waals surface area contributed by atoms with Gasteiger partial charge in [-0.2, -0.15) is 18.3 Å². The van der Waals surface area contributed by atoms with Crippen LogP contribution in [0.5, 0.6) is 0 Å². The van der Waals surface area contributed by atoms with Gasteiger partial charge in [0.25, 0.3) is 5.56 Å². The molecule has 0 amide bonds. The molecule has 3 rings (SSSR count). The highest BCUT2D eigenvalue weighted by atomic mass is 19.4. The number of hydrogen-bond acceptors (Lipinski definition) is 6. The van der Waals surface area contributed by atoms with Crippen LogP contribution in [0.25, 0.3) is 11.4 Å². The molecule has 0 aliphatic carbocycles. The Morgan fingerprint density at radius 3 is 2.68 bits per heavy atom. The van der Waals surface area contributed by atoms with Crippen molar-refractivity contribution in [2.75, 3.05) is 0 Å². The zero-order chi connectivity index (χ0) is 18.0. The molecule has 3 aromatic heterocycles. The number of oxazole rings is 1. The van der Waals surface area contributed by atoms with Gasteiger partial charge in [0.05, 0.1) is 17.8 Å². The third-order valence-corrected chi connectivity index (χ3v) is 3.31. The van der Waals surface area contributed by atoms with Gasteiger partial charge >= 0.3 is 6.18 Å². The number of aliphatic hydroxyl groups is 1. The molecule has 0 aromatic carbocycles. The van der Waals surface area contributed by atoms with Crippen molar-refractivity contribution in [3.05, 3.63) is 64.2 Å². The van der Waals surface area contributed by atoms with Gasteiger partial charge in [-0.1, -0.05) is 0 Å². The lowest BCUT2D eigenvalue weighted by atomic mass is 10.2. The summed E-state index contributed by atoms with van der Waals surface area (Å²) >= 11 is 0. The fourth-order valence-corrected chi connectivity index (χ4v) is 2.16. The van der Waals surface area contributed by atoms with Crippen LogP contribution in [-0.2, 0) is 19.3 Å². The molecule has 0 aliphatic heterocycles. The molecule has 0 saturated heterocycles. The Morgan fingerprint density at radius 1 is 1.20 bits per heavy atom. The van der Waals surface area contributed by atoms with Crippen molar-refractivity contribution >= 4 is 0 Å². The molecule has 0 fully saturated rings. The summed E-state index contributed by atoms with van der Waals surface area (Å²) in [6, 6.07) is 4.58. The van der Waals surface area contributed by atoms with Crippen LogP contribution in [-0.4, -0.2) is 24.9 Å². The highest BCUT2D eigenvalue weighted by molar-refractivity contribution is 5.51. The van der Waals surface area contributed by atoms with E-state index in [0.29, 0.717) is 0 Å². The normalized spacial score (nSPS) is 11.7. The second kappa shape index (κ2) is 6.48. The van der Waals surface area contributed by atoms with Gasteiger partial charge in [-0.25, -0.2) is 9.67 Å². The number of alkyl halides is 3. The summed E-state index contributed by atoms with van der Waals surface area (Å²) in [6.07, 6.45) is -2.15. The Hall–Kier alpha value is -3.01. The zero-order valence-electron chi connectivity index (χ0n) is 12.6. The van der Waals surface area contributed by atoms with E-state index in [9.17, 15) is 18.0 Å². The molecule has 3 aromatic rings. The predicted molar refractivity (Wildman–Crippen MR) is 78.3 cm³/mol. The van der Waals surface area contributed by atoms with Crippen LogP contribution in [0.2, 0.25) is 0 Å². The van der Waals surface area contributed by atoms with Crippen LogP contribution < -0.4 is 5.56 Å². The quantitative estimate of drug-likeness (QED) is 0.770. The first-order valence-corrected chi connectivity index (χ1v) is 7.03. The third-order valence-electron chi connectivity index (χ3n) is 3.31. The highest BCUT2D eigenvalue weighted by Gasteiger charge is 2.34. The van der Waals surface area contributed by atoms with E-state index in [0.717, 1.165) is 16.8 Å². The number of aliphatic hydroxyl groups excluding tert-OH is 1. The molecular weight excluding hydrogens is 341 g/mol. The molecule has 0 saturated carbocycles. The summed E-state index contributed by atoms with van der Waals surface area (Å²) < 4.78 is 45.0. The lowest BCUT2D eigenvalue weighted by molar-refractivity contribution is -0.138. The summed E-state index contributed by atoms with van der Waals surface area (Å²) in [5.74, 6) is 0.0543. The Kier molecular flexibility index (Phi) is 4.36. The van der Waals surface area contributed by atoms with Gasteiger partial charge in [0, 0.05) is 12.3 Å². The lowest BCUT2D eigenvalue weighted by Crippen LogP contribution is -2.25. The number of aromatic nitrogens is 4. The Morgan fingerprint density at radius 2 is 2.00 bits per heavy atom. The van der Waals surface area contributed by atoms with E-state index >= 15 is 0 Å². The predicted octanol–water partition coefficient (Wildman–Crippen LogP) is 1.85.